The van der Waals surface area contributed by atoms with Gasteiger partial charge in [0.05, 0.1) is 0 Å². The minimum Gasteiger partial charge on any atom is -0.222 e. The van der Waals surface area contributed by atoms with Crippen LogP contribution in [0.2, 0.25) is 0 Å². The van der Waals surface area contributed by atoms with Gasteiger partial charge in [-0.1, -0.05) is 6.42 Å². The minimum absolute atomic E-state index is 0.360. The molecule has 0 aliphatic heterocycles. The van der Waals surface area contributed by atoms with E-state index in [1.54, 1.807) is 0 Å². The van der Waals surface area contributed by atoms with Gasteiger partial charge in [-0.2, -0.15) is 13.2 Å². The highest BCUT2D eigenvalue weighted by Gasteiger charge is 2.60. The standard InChI is InChI=1S/C6H7F4I/c7-5(11,6(8,9)10)4-2-1-3-4/h4H,1-3H2. The second-order valence-corrected chi connectivity index (χ2v) is 4.32. The van der Waals surface area contributed by atoms with Crippen molar-refractivity contribution in [2.75, 3.05) is 0 Å². The maximum Gasteiger partial charge on any atom is 0.432 e. The minimum atomic E-state index is -4.71. The van der Waals surface area contributed by atoms with Crippen molar-refractivity contribution in [2.24, 2.45) is 5.92 Å². The average Bonchev–Trinajstić information content (AvgIpc) is 1.53. The molecule has 1 rings (SSSR count). The third-order valence-electron chi connectivity index (χ3n) is 2.00. The first kappa shape index (κ1) is 9.54. The third kappa shape index (κ3) is 1.62. The number of alkyl halides is 5. The van der Waals surface area contributed by atoms with Gasteiger partial charge in [0.1, 0.15) is 0 Å². The molecule has 1 aliphatic carbocycles. The summed E-state index contributed by atoms with van der Waals surface area (Å²) in [5.41, 5.74) is 0. The number of rotatable bonds is 1. The lowest BCUT2D eigenvalue weighted by Crippen LogP contribution is -2.44. The first-order valence-electron chi connectivity index (χ1n) is 3.30. The van der Waals surface area contributed by atoms with Crippen LogP contribution in [0.15, 0.2) is 0 Å². The molecular formula is C6H7F4I. The Kier molecular flexibility index (Phi) is 2.38. The Balaban J connectivity index is 2.64. The van der Waals surface area contributed by atoms with Crippen molar-refractivity contribution in [2.45, 2.75) is 29.1 Å². The summed E-state index contributed by atoms with van der Waals surface area (Å²) in [6.07, 6.45) is -3.27. The molecule has 0 amide bonds. The Bertz CT molecular complexity index is 147. The number of halogens is 5. The molecule has 0 N–H and O–H groups in total. The molecule has 1 saturated carbocycles. The molecule has 1 unspecified atom stereocenters. The highest BCUT2D eigenvalue weighted by molar-refractivity contribution is 14.1. The number of hydrogen-bond acceptors (Lipinski definition) is 0. The molecule has 1 fully saturated rings. The predicted octanol–water partition coefficient (Wildman–Crippen LogP) is 3.45. The topological polar surface area (TPSA) is 0 Å². The van der Waals surface area contributed by atoms with Crippen LogP contribution in [0.25, 0.3) is 0 Å². The van der Waals surface area contributed by atoms with E-state index < -0.39 is 15.8 Å². The van der Waals surface area contributed by atoms with E-state index in [2.05, 4.69) is 0 Å². The Morgan fingerprint density at radius 1 is 1.09 bits per heavy atom. The van der Waals surface area contributed by atoms with Gasteiger partial charge in [0.25, 0.3) is 3.68 Å². The summed E-state index contributed by atoms with van der Waals surface area (Å²) >= 11 is 0.868. The summed E-state index contributed by atoms with van der Waals surface area (Å²) in [4.78, 5) is 0. The van der Waals surface area contributed by atoms with Crippen molar-refractivity contribution in [3.63, 3.8) is 0 Å². The van der Waals surface area contributed by atoms with Crippen molar-refractivity contribution >= 4 is 22.6 Å². The largest absolute Gasteiger partial charge is 0.432 e. The van der Waals surface area contributed by atoms with Crippen molar-refractivity contribution in [3.05, 3.63) is 0 Å². The van der Waals surface area contributed by atoms with E-state index in [1.165, 1.54) is 0 Å². The van der Waals surface area contributed by atoms with Gasteiger partial charge in [0.15, 0.2) is 0 Å². The molecule has 0 aromatic carbocycles. The second-order valence-electron chi connectivity index (χ2n) is 2.75. The van der Waals surface area contributed by atoms with Gasteiger partial charge in [-0.05, 0) is 35.4 Å². The molecule has 0 radical (unpaired) electrons. The smallest absolute Gasteiger partial charge is 0.222 e. The second kappa shape index (κ2) is 2.74. The van der Waals surface area contributed by atoms with Gasteiger partial charge in [0, 0.05) is 5.92 Å². The zero-order valence-corrected chi connectivity index (χ0v) is 7.75. The molecular weight excluding hydrogens is 275 g/mol. The van der Waals surface area contributed by atoms with Crippen LogP contribution in [-0.2, 0) is 0 Å². The van der Waals surface area contributed by atoms with Gasteiger partial charge < -0.3 is 0 Å². The summed E-state index contributed by atoms with van der Waals surface area (Å²) in [5.74, 6) is -0.817. The molecule has 1 atom stereocenters. The van der Waals surface area contributed by atoms with Crippen molar-refractivity contribution in [1.82, 2.24) is 0 Å². The zero-order valence-electron chi connectivity index (χ0n) is 5.59. The quantitative estimate of drug-likeness (QED) is 0.392. The molecule has 0 spiro atoms. The van der Waals surface area contributed by atoms with Gasteiger partial charge in [-0.25, -0.2) is 4.39 Å². The van der Waals surface area contributed by atoms with E-state index in [-0.39, 0.29) is 0 Å². The zero-order chi connectivity index (χ0) is 8.70. The summed E-state index contributed by atoms with van der Waals surface area (Å²) in [6.45, 7) is 0. The molecule has 1 aliphatic rings. The Hall–Kier alpha value is 0.450. The molecule has 5 heteroatoms. The molecule has 0 aromatic rings. The van der Waals surface area contributed by atoms with E-state index in [0.29, 0.717) is 12.8 Å². The van der Waals surface area contributed by atoms with E-state index in [4.69, 9.17) is 0 Å². The fourth-order valence-corrected chi connectivity index (χ4v) is 1.63. The third-order valence-corrected chi connectivity index (χ3v) is 3.49. The summed E-state index contributed by atoms with van der Waals surface area (Å²) in [7, 11) is 0. The Morgan fingerprint density at radius 2 is 1.55 bits per heavy atom. The van der Waals surface area contributed by atoms with Crippen LogP contribution in [0.5, 0.6) is 0 Å². The van der Waals surface area contributed by atoms with E-state index in [9.17, 15) is 17.6 Å². The van der Waals surface area contributed by atoms with Crippen LogP contribution in [-0.4, -0.2) is 9.85 Å². The lowest BCUT2D eigenvalue weighted by molar-refractivity contribution is -0.209. The monoisotopic (exact) mass is 282 g/mol. The van der Waals surface area contributed by atoms with Crippen LogP contribution < -0.4 is 0 Å². The summed E-state index contributed by atoms with van der Waals surface area (Å²) < 4.78 is 45.7. The van der Waals surface area contributed by atoms with E-state index in [1.807, 2.05) is 0 Å². The van der Waals surface area contributed by atoms with E-state index >= 15 is 0 Å². The SMILES string of the molecule is FC(F)(F)C(F)(I)C1CCC1. The predicted molar refractivity (Wildman–Crippen MR) is 41.3 cm³/mol. The molecule has 0 heterocycles. The summed E-state index contributed by atoms with van der Waals surface area (Å²) in [6, 6.07) is 0. The van der Waals surface area contributed by atoms with Crippen molar-refractivity contribution < 1.29 is 17.6 Å². The molecule has 0 nitrogen and oxygen atoms in total. The fraction of sp³-hybridized carbons (Fsp3) is 1.00. The normalized spacial score (nSPS) is 25.9. The van der Waals surface area contributed by atoms with E-state index in [0.717, 1.165) is 29.0 Å². The van der Waals surface area contributed by atoms with Crippen LogP contribution in [0.4, 0.5) is 17.6 Å². The average molecular weight is 282 g/mol. The van der Waals surface area contributed by atoms with Crippen molar-refractivity contribution in [3.8, 4) is 0 Å². The first-order valence-corrected chi connectivity index (χ1v) is 4.38. The molecule has 0 bridgehead atoms. The molecule has 0 aromatic heterocycles. The Labute approximate surface area is 75.5 Å². The van der Waals surface area contributed by atoms with Crippen molar-refractivity contribution in [1.29, 1.82) is 0 Å². The first-order chi connectivity index (χ1) is 4.86. The highest BCUT2D eigenvalue weighted by Crippen LogP contribution is 2.52. The molecule has 11 heavy (non-hydrogen) atoms. The fourth-order valence-electron chi connectivity index (χ4n) is 1.00. The highest BCUT2D eigenvalue weighted by atomic mass is 127. The summed E-state index contributed by atoms with van der Waals surface area (Å²) in [5, 5.41) is 0. The maximum atomic E-state index is 12.9. The van der Waals surface area contributed by atoms with Gasteiger partial charge in [0.2, 0.25) is 0 Å². The van der Waals surface area contributed by atoms with Gasteiger partial charge in [-0.15, -0.1) is 0 Å². The maximum absolute atomic E-state index is 12.9. The number of hydrogen-bond donors (Lipinski definition) is 0. The van der Waals surface area contributed by atoms with Gasteiger partial charge in [-0.3, -0.25) is 0 Å². The van der Waals surface area contributed by atoms with Crippen LogP contribution >= 0.6 is 22.6 Å². The van der Waals surface area contributed by atoms with Crippen LogP contribution in [0.1, 0.15) is 19.3 Å². The molecule has 66 valence electrons. The van der Waals surface area contributed by atoms with Crippen LogP contribution in [0.3, 0.4) is 0 Å². The lowest BCUT2D eigenvalue weighted by atomic mass is 9.81. The lowest BCUT2D eigenvalue weighted by Gasteiger charge is -2.36. The van der Waals surface area contributed by atoms with Crippen LogP contribution in [0, 0.1) is 5.92 Å². The molecule has 0 saturated heterocycles. The van der Waals surface area contributed by atoms with Gasteiger partial charge >= 0.3 is 6.18 Å². The Morgan fingerprint density at radius 3 is 1.64 bits per heavy atom.